The van der Waals surface area contributed by atoms with E-state index in [0.29, 0.717) is 18.6 Å². The van der Waals surface area contributed by atoms with Crippen LogP contribution >= 0.6 is 0 Å². The maximum atomic E-state index is 12.8. The van der Waals surface area contributed by atoms with E-state index in [-0.39, 0.29) is 17.9 Å². The Morgan fingerprint density at radius 2 is 1.86 bits per heavy atom. The van der Waals surface area contributed by atoms with Gasteiger partial charge < -0.3 is 19.9 Å². The molecule has 6 nitrogen and oxygen atoms in total. The van der Waals surface area contributed by atoms with Gasteiger partial charge in [-0.25, -0.2) is 0 Å². The molecule has 0 aliphatic carbocycles. The third-order valence-corrected chi connectivity index (χ3v) is 5.34. The number of nitrogens with zero attached hydrogens (tertiary/aromatic N) is 2. The fourth-order valence-corrected chi connectivity index (χ4v) is 3.54. The Bertz CT molecular complexity index is 893. The number of rotatable bonds is 5. The van der Waals surface area contributed by atoms with Crippen LogP contribution in [0.2, 0.25) is 0 Å². The number of likely N-dealkylation sites (N-methyl/N-ethyl adjacent to an activating group) is 1. The van der Waals surface area contributed by atoms with Crippen molar-refractivity contribution in [2.75, 3.05) is 32.6 Å². The molecule has 1 N–H and O–H groups in total. The van der Waals surface area contributed by atoms with Crippen molar-refractivity contribution in [3.63, 3.8) is 0 Å². The van der Waals surface area contributed by atoms with Gasteiger partial charge in [0, 0.05) is 26.7 Å². The predicted molar refractivity (Wildman–Crippen MR) is 114 cm³/mol. The Labute approximate surface area is 172 Å². The number of anilines is 1. The minimum absolute atomic E-state index is 0.0386. The number of ether oxygens (including phenoxy) is 1. The zero-order valence-electron chi connectivity index (χ0n) is 17.7. The summed E-state index contributed by atoms with van der Waals surface area (Å²) in [5, 5.41) is 3.13. The van der Waals surface area contributed by atoms with Gasteiger partial charge in [-0.2, -0.15) is 0 Å². The number of carbonyl (C=O) groups excluding carboxylic acids is 2. The minimum Gasteiger partial charge on any atom is -0.489 e. The lowest BCUT2D eigenvalue weighted by atomic mass is 9.94. The second-order valence-electron chi connectivity index (χ2n) is 8.20. The molecule has 2 aromatic carbocycles. The summed E-state index contributed by atoms with van der Waals surface area (Å²) in [5.74, 6) is 0.623. The molecular weight excluding hydrogens is 366 g/mol. The van der Waals surface area contributed by atoms with Gasteiger partial charge in [0.1, 0.15) is 12.4 Å². The number of carbonyl (C=O) groups is 2. The average molecular weight is 396 g/mol. The molecule has 0 spiro atoms. The highest BCUT2D eigenvalue weighted by molar-refractivity contribution is 5.95. The van der Waals surface area contributed by atoms with E-state index in [9.17, 15) is 9.59 Å². The second kappa shape index (κ2) is 8.15. The van der Waals surface area contributed by atoms with Gasteiger partial charge >= 0.3 is 0 Å². The Morgan fingerprint density at radius 1 is 1.17 bits per heavy atom. The summed E-state index contributed by atoms with van der Waals surface area (Å²) in [6, 6.07) is 15.2. The molecule has 0 saturated carbocycles. The Balaban J connectivity index is 1.71. The third-order valence-electron chi connectivity index (χ3n) is 5.34. The predicted octanol–water partition coefficient (Wildman–Crippen LogP) is 3.03. The van der Waals surface area contributed by atoms with Crippen molar-refractivity contribution in [1.29, 1.82) is 0 Å². The van der Waals surface area contributed by atoms with Crippen molar-refractivity contribution >= 4 is 17.5 Å². The SMILES string of the molecule is CN(C)C(=O)c1ccc2c(c1)N(C)[C@@H](CC(=O)NC(C)(C)c1ccccc1)CO2. The highest BCUT2D eigenvalue weighted by Crippen LogP contribution is 2.35. The van der Waals surface area contributed by atoms with Crippen LogP contribution in [-0.2, 0) is 10.3 Å². The van der Waals surface area contributed by atoms with E-state index in [1.807, 2.05) is 68.3 Å². The standard InChI is InChI=1S/C23H29N3O3/c1-23(2,17-9-7-6-8-10-17)24-21(27)14-18-15-29-20-12-11-16(22(28)25(3)4)13-19(20)26(18)5/h6-13,18H,14-15H2,1-5H3,(H,24,27)/t18-/m0/s1. The van der Waals surface area contributed by atoms with Crippen LogP contribution in [0.3, 0.4) is 0 Å². The van der Waals surface area contributed by atoms with Crippen LogP contribution in [0.15, 0.2) is 48.5 Å². The van der Waals surface area contributed by atoms with Gasteiger partial charge in [0.25, 0.3) is 5.91 Å². The van der Waals surface area contributed by atoms with Crippen molar-refractivity contribution in [2.45, 2.75) is 31.8 Å². The van der Waals surface area contributed by atoms with Crippen molar-refractivity contribution in [3.05, 3.63) is 59.7 Å². The molecule has 154 valence electrons. The average Bonchev–Trinajstić information content (AvgIpc) is 2.69. The van der Waals surface area contributed by atoms with Crippen LogP contribution in [0.5, 0.6) is 5.75 Å². The smallest absolute Gasteiger partial charge is 0.253 e. The van der Waals surface area contributed by atoms with Gasteiger partial charge in [-0.3, -0.25) is 9.59 Å². The fraction of sp³-hybridized carbons (Fsp3) is 0.391. The first-order valence-corrected chi connectivity index (χ1v) is 9.77. The first-order chi connectivity index (χ1) is 13.7. The first kappa shape index (κ1) is 20.7. The zero-order valence-corrected chi connectivity index (χ0v) is 17.7. The van der Waals surface area contributed by atoms with Crippen LogP contribution < -0.4 is 15.0 Å². The minimum atomic E-state index is -0.463. The molecular formula is C23H29N3O3. The molecule has 1 atom stereocenters. The molecule has 0 bridgehead atoms. The molecule has 0 unspecified atom stereocenters. The van der Waals surface area contributed by atoms with Crippen LogP contribution in [-0.4, -0.2) is 50.5 Å². The normalized spacial score (nSPS) is 15.9. The van der Waals surface area contributed by atoms with Crippen LogP contribution in [0, 0.1) is 0 Å². The number of hydrogen-bond acceptors (Lipinski definition) is 4. The molecule has 6 heteroatoms. The van der Waals surface area contributed by atoms with Crippen molar-refractivity contribution in [3.8, 4) is 5.75 Å². The van der Waals surface area contributed by atoms with Crippen molar-refractivity contribution in [1.82, 2.24) is 10.2 Å². The molecule has 1 heterocycles. The van der Waals surface area contributed by atoms with Gasteiger partial charge in [-0.15, -0.1) is 0 Å². The summed E-state index contributed by atoms with van der Waals surface area (Å²) in [7, 11) is 5.39. The quantitative estimate of drug-likeness (QED) is 0.845. The van der Waals surface area contributed by atoms with Crippen LogP contribution in [0.1, 0.15) is 36.2 Å². The maximum Gasteiger partial charge on any atom is 0.253 e. The largest absolute Gasteiger partial charge is 0.489 e. The summed E-state index contributed by atoms with van der Waals surface area (Å²) in [5.41, 5.74) is 2.01. The van der Waals surface area contributed by atoms with Gasteiger partial charge in [0.05, 0.1) is 23.7 Å². The molecule has 1 aliphatic heterocycles. The van der Waals surface area contributed by atoms with Crippen LogP contribution in [0.4, 0.5) is 5.69 Å². The summed E-state index contributed by atoms with van der Waals surface area (Å²) >= 11 is 0. The van der Waals surface area contributed by atoms with Gasteiger partial charge in [0.2, 0.25) is 5.91 Å². The number of hydrogen-bond donors (Lipinski definition) is 1. The molecule has 0 aromatic heterocycles. The number of fused-ring (bicyclic) bond motifs is 1. The molecule has 2 aromatic rings. The summed E-state index contributed by atoms with van der Waals surface area (Å²) in [4.78, 5) is 28.6. The molecule has 3 rings (SSSR count). The lowest BCUT2D eigenvalue weighted by Gasteiger charge is -2.36. The lowest BCUT2D eigenvalue weighted by Crippen LogP contribution is -2.47. The number of nitrogens with one attached hydrogen (secondary N) is 1. The molecule has 29 heavy (non-hydrogen) atoms. The highest BCUT2D eigenvalue weighted by Gasteiger charge is 2.30. The lowest BCUT2D eigenvalue weighted by molar-refractivity contribution is -0.123. The third kappa shape index (κ3) is 4.53. The summed E-state index contributed by atoms with van der Waals surface area (Å²) in [6.45, 7) is 4.41. The van der Waals surface area contributed by atoms with E-state index in [4.69, 9.17) is 4.74 Å². The highest BCUT2D eigenvalue weighted by atomic mass is 16.5. The van der Waals surface area contributed by atoms with Crippen molar-refractivity contribution < 1.29 is 14.3 Å². The molecule has 0 fully saturated rings. The topological polar surface area (TPSA) is 61.9 Å². The van der Waals surface area contributed by atoms with Crippen LogP contribution in [0.25, 0.3) is 0 Å². The molecule has 0 saturated heterocycles. The zero-order chi connectivity index (χ0) is 21.2. The van der Waals surface area contributed by atoms with E-state index in [1.165, 1.54) is 0 Å². The first-order valence-electron chi connectivity index (χ1n) is 9.77. The number of amides is 2. The van der Waals surface area contributed by atoms with Crippen molar-refractivity contribution in [2.24, 2.45) is 0 Å². The fourth-order valence-electron chi connectivity index (χ4n) is 3.54. The Kier molecular flexibility index (Phi) is 5.82. The maximum absolute atomic E-state index is 12.8. The summed E-state index contributed by atoms with van der Waals surface area (Å²) < 4.78 is 5.87. The summed E-state index contributed by atoms with van der Waals surface area (Å²) in [6.07, 6.45) is 0.304. The Hall–Kier alpha value is -3.02. The van der Waals surface area contributed by atoms with Gasteiger partial charge in [-0.05, 0) is 37.6 Å². The van der Waals surface area contributed by atoms with Gasteiger partial charge in [0.15, 0.2) is 0 Å². The molecule has 0 radical (unpaired) electrons. The Morgan fingerprint density at radius 3 is 2.52 bits per heavy atom. The number of benzene rings is 2. The van der Waals surface area contributed by atoms with E-state index in [2.05, 4.69) is 5.32 Å². The van der Waals surface area contributed by atoms with E-state index in [1.54, 1.807) is 25.1 Å². The second-order valence-corrected chi connectivity index (χ2v) is 8.20. The molecule has 2 amide bonds. The van der Waals surface area contributed by atoms with E-state index < -0.39 is 5.54 Å². The monoisotopic (exact) mass is 395 g/mol. The van der Waals surface area contributed by atoms with E-state index in [0.717, 1.165) is 17.0 Å². The van der Waals surface area contributed by atoms with E-state index >= 15 is 0 Å². The van der Waals surface area contributed by atoms with Gasteiger partial charge in [-0.1, -0.05) is 30.3 Å². The molecule has 1 aliphatic rings.